The third-order valence-corrected chi connectivity index (χ3v) is 10.4. The number of aromatic nitrogens is 5. The SMILES string of the molecule is C=C1c2ccc(-n3cc(-c4ccc5c6ccccc6n(-c6ccc7ccccc7c6)c5c4)nn3)cc2-c2cccc[n+]2C1(CC)CC. The molecule has 5 nitrogen and oxygen atoms in total. The first-order valence-electron chi connectivity index (χ1n) is 16.4. The van der Waals surface area contributed by atoms with Crippen molar-refractivity contribution in [2.75, 3.05) is 0 Å². The van der Waals surface area contributed by atoms with Crippen LogP contribution in [0, 0.1) is 0 Å². The molecule has 0 saturated heterocycles. The molecule has 0 aliphatic carbocycles. The Balaban J connectivity index is 1.15. The normalized spacial score (nSPS) is 13.7. The molecule has 0 saturated carbocycles. The first-order chi connectivity index (χ1) is 23.1. The van der Waals surface area contributed by atoms with E-state index in [9.17, 15) is 0 Å². The average Bonchev–Trinajstić information content (AvgIpc) is 3.75. The lowest BCUT2D eigenvalue weighted by atomic mass is 9.75. The molecule has 0 N–H and O–H groups in total. The Morgan fingerprint density at radius 2 is 1.45 bits per heavy atom. The number of nitrogens with zero attached hydrogens (tertiary/aromatic N) is 5. The van der Waals surface area contributed by atoms with Gasteiger partial charge in [-0.15, -0.1) is 5.10 Å². The van der Waals surface area contributed by atoms with Crippen LogP contribution in [0.1, 0.15) is 32.3 Å². The number of fused-ring (bicyclic) bond motifs is 7. The van der Waals surface area contributed by atoms with Crippen molar-refractivity contribution in [3.63, 3.8) is 0 Å². The molecule has 4 heterocycles. The fraction of sp³-hybridized carbons (Fsp3) is 0.119. The quantitative estimate of drug-likeness (QED) is 0.183. The summed E-state index contributed by atoms with van der Waals surface area (Å²) in [4.78, 5) is 0. The lowest BCUT2D eigenvalue weighted by Crippen LogP contribution is -2.59. The van der Waals surface area contributed by atoms with Crippen LogP contribution in [-0.2, 0) is 5.54 Å². The van der Waals surface area contributed by atoms with Crippen molar-refractivity contribution in [1.82, 2.24) is 19.6 Å². The van der Waals surface area contributed by atoms with Gasteiger partial charge in [-0.3, -0.25) is 0 Å². The Morgan fingerprint density at radius 3 is 2.32 bits per heavy atom. The molecule has 3 aromatic heterocycles. The number of hydrogen-bond acceptors (Lipinski definition) is 2. The summed E-state index contributed by atoms with van der Waals surface area (Å²) >= 11 is 0. The maximum atomic E-state index is 4.67. The topological polar surface area (TPSA) is 39.5 Å². The van der Waals surface area contributed by atoms with Gasteiger partial charge in [-0.05, 0) is 58.8 Å². The van der Waals surface area contributed by atoms with Crippen molar-refractivity contribution < 1.29 is 4.57 Å². The summed E-state index contributed by atoms with van der Waals surface area (Å²) in [5.74, 6) is 0. The van der Waals surface area contributed by atoms with Gasteiger partial charge in [-0.2, -0.15) is 4.57 Å². The molecule has 226 valence electrons. The van der Waals surface area contributed by atoms with E-state index in [1.807, 2.05) is 10.9 Å². The van der Waals surface area contributed by atoms with E-state index in [0.717, 1.165) is 41.0 Å². The summed E-state index contributed by atoms with van der Waals surface area (Å²) in [6.07, 6.45) is 6.21. The van der Waals surface area contributed by atoms with Gasteiger partial charge in [-0.1, -0.05) is 92.4 Å². The zero-order valence-corrected chi connectivity index (χ0v) is 26.6. The van der Waals surface area contributed by atoms with Crippen LogP contribution >= 0.6 is 0 Å². The van der Waals surface area contributed by atoms with E-state index in [1.54, 1.807) is 0 Å². The number of para-hydroxylation sites is 1. The second kappa shape index (κ2) is 10.4. The zero-order chi connectivity index (χ0) is 31.7. The molecule has 5 aromatic carbocycles. The van der Waals surface area contributed by atoms with Gasteiger partial charge in [0.1, 0.15) is 5.69 Å². The molecule has 1 aliphatic rings. The summed E-state index contributed by atoms with van der Waals surface area (Å²) in [7, 11) is 0. The van der Waals surface area contributed by atoms with Crippen molar-refractivity contribution in [1.29, 1.82) is 0 Å². The second-order valence-electron chi connectivity index (χ2n) is 12.6. The smallest absolute Gasteiger partial charge is 0.213 e. The van der Waals surface area contributed by atoms with E-state index in [4.69, 9.17) is 0 Å². The molecule has 0 spiro atoms. The van der Waals surface area contributed by atoms with Crippen LogP contribution in [0.2, 0.25) is 0 Å². The Hall–Kier alpha value is -5.81. The maximum absolute atomic E-state index is 4.67. The van der Waals surface area contributed by atoms with Crippen LogP contribution in [0.25, 0.3) is 72.0 Å². The minimum Gasteiger partial charge on any atom is -0.309 e. The minimum absolute atomic E-state index is 0.126. The number of pyridine rings is 1. The summed E-state index contributed by atoms with van der Waals surface area (Å²) in [6.45, 7) is 9.14. The Bertz CT molecular complexity index is 2530. The van der Waals surface area contributed by atoms with Gasteiger partial charge in [0, 0.05) is 52.6 Å². The van der Waals surface area contributed by atoms with Crippen LogP contribution < -0.4 is 4.57 Å². The molecule has 0 amide bonds. The lowest BCUT2D eigenvalue weighted by molar-refractivity contribution is -0.741. The van der Waals surface area contributed by atoms with Crippen molar-refractivity contribution in [3.8, 4) is 33.9 Å². The number of benzene rings is 5. The third kappa shape index (κ3) is 3.99. The zero-order valence-electron chi connectivity index (χ0n) is 26.6. The van der Waals surface area contributed by atoms with E-state index in [0.29, 0.717) is 0 Å². The summed E-state index contributed by atoms with van der Waals surface area (Å²) < 4.78 is 6.66. The molecule has 47 heavy (non-hydrogen) atoms. The van der Waals surface area contributed by atoms with E-state index in [1.165, 1.54) is 49.5 Å². The molecule has 8 aromatic rings. The largest absolute Gasteiger partial charge is 0.309 e. The lowest BCUT2D eigenvalue weighted by Gasteiger charge is -2.34. The number of rotatable bonds is 5. The summed E-state index contributed by atoms with van der Waals surface area (Å²) in [5.41, 5.74) is 10.9. The van der Waals surface area contributed by atoms with E-state index < -0.39 is 0 Å². The van der Waals surface area contributed by atoms with Gasteiger partial charge in [0.2, 0.25) is 5.69 Å². The molecule has 0 bridgehead atoms. The van der Waals surface area contributed by atoms with Crippen LogP contribution in [-0.4, -0.2) is 19.6 Å². The first kappa shape index (κ1) is 27.5. The number of hydrogen-bond donors (Lipinski definition) is 0. The van der Waals surface area contributed by atoms with Crippen molar-refractivity contribution in [3.05, 3.63) is 146 Å². The van der Waals surface area contributed by atoms with Gasteiger partial charge in [0.15, 0.2) is 11.7 Å². The highest BCUT2D eigenvalue weighted by atomic mass is 15.4. The third-order valence-electron chi connectivity index (χ3n) is 10.4. The van der Waals surface area contributed by atoms with Gasteiger partial charge < -0.3 is 4.57 Å². The minimum atomic E-state index is -0.126. The highest BCUT2D eigenvalue weighted by Crippen LogP contribution is 2.44. The van der Waals surface area contributed by atoms with E-state index in [-0.39, 0.29) is 5.54 Å². The molecular weight excluding hydrogens is 574 g/mol. The Kier molecular flexibility index (Phi) is 6.06. The van der Waals surface area contributed by atoms with Crippen molar-refractivity contribution in [2.45, 2.75) is 32.2 Å². The highest BCUT2D eigenvalue weighted by molar-refractivity contribution is 6.10. The Morgan fingerprint density at radius 1 is 0.681 bits per heavy atom. The number of allylic oxidation sites excluding steroid dienone is 1. The molecule has 0 fully saturated rings. The predicted octanol–water partition coefficient (Wildman–Crippen LogP) is 9.68. The molecule has 0 radical (unpaired) electrons. The Labute approximate surface area is 273 Å². The van der Waals surface area contributed by atoms with Crippen LogP contribution in [0.5, 0.6) is 0 Å². The monoisotopic (exact) mass is 608 g/mol. The highest BCUT2D eigenvalue weighted by Gasteiger charge is 2.46. The van der Waals surface area contributed by atoms with Gasteiger partial charge in [-0.25, -0.2) is 4.68 Å². The van der Waals surface area contributed by atoms with Gasteiger partial charge in [0.25, 0.3) is 0 Å². The summed E-state index contributed by atoms with van der Waals surface area (Å²) in [6, 6.07) is 43.5. The van der Waals surface area contributed by atoms with Crippen LogP contribution in [0.15, 0.2) is 140 Å². The molecule has 5 heteroatoms. The van der Waals surface area contributed by atoms with Crippen molar-refractivity contribution in [2.24, 2.45) is 0 Å². The van der Waals surface area contributed by atoms with Gasteiger partial charge in [0.05, 0.1) is 28.5 Å². The van der Waals surface area contributed by atoms with Gasteiger partial charge >= 0.3 is 0 Å². The summed E-state index contributed by atoms with van der Waals surface area (Å²) in [5, 5.41) is 14.2. The fourth-order valence-corrected chi connectivity index (χ4v) is 7.85. The fourth-order valence-electron chi connectivity index (χ4n) is 7.85. The van der Waals surface area contributed by atoms with Crippen LogP contribution in [0.4, 0.5) is 0 Å². The molecule has 9 rings (SSSR count). The first-order valence-corrected chi connectivity index (χ1v) is 16.4. The van der Waals surface area contributed by atoms with E-state index in [2.05, 4.69) is 167 Å². The van der Waals surface area contributed by atoms with Crippen LogP contribution in [0.3, 0.4) is 0 Å². The second-order valence-corrected chi connectivity index (χ2v) is 12.6. The molecule has 1 aliphatic heterocycles. The molecular formula is C42H34N5+. The van der Waals surface area contributed by atoms with Crippen molar-refractivity contribution >= 4 is 38.2 Å². The molecule has 0 atom stereocenters. The average molecular weight is 609 g/mol. The van der Waals surface area contributed by atoms with E-state index >= 15 is 0 Å². The predicted molar refractivity (Wildman–Crippen MR) is 192 cm³/mol. The maximum Gasteiger partial charge on any atom is 0.213 e. The standard InChI is InChI=1S/C42H34N5/c1-4-42(5-2)28(3)34-22-20-32(26-37(34)39-15-10-11-23-45(39)42)46-27-38(43-44-46)31-18-21-36-35-14-8-9-16-40(35)47(41(36)25-31)33-19-17-29-12-6-7-13-30(29)24-33/h6-27H,3-5H2,1-2H3/q+1. The molecule has 0 unspecified atom stereocenters.